The zero-order valence-corrected chi connectivity index (χ0v) is 11.6. The lowest BCUT2D eigenvalue weighted by Crippen LogP contribution is -2.33. The van der Waals surface area contributed by atoms with Crippen molar-refractivity contribution in [3.05, 3.63) is 35.9 Å². The second kappa shape index (κ2) is 8.38. The number of halogens is 3. The topological polar surface area (TPSA) is 75.6 Å². The first-order valence-corrected chi connectivity index (χ1v) is 6.48. The molecule has 0 aliphatic carbocycles. The summed E-state index contributed by atoms with van der Waals surface area (Å²) in [6.07, 6.45) is -4.55. The number of carboxylic acid groups (broad SMARTS) is 1. The summed E-state index contributed by atoms with van der Waals surface area (Å²) in [5.74, 6) is -1.76. The average molecular weight is 319 g/mol. The lowest BCUT2D eigenvalue weighted by atomic mass is 10.0. The fourth-order valence-corrected chi connectivity index (χ4v) is 1.77. The van der Waals surface area contributed by atoms with Crippen LogP contribution in [0.15, 0.2) is 30.3 Å². The molecular weight excluding hydrogens is 303 g/mol. The van der Waals surface area contributed by atoms with E-state index in [0.29, 0.717) is 5.56 Å². The molecule has 0 aliphatic rings. The quantitative estimate of drug-likeness (QED) is 0.771. The normalized spacial score (nSPS) is 12.7. The van der Waals surface area contributed by atoms with Crippen molar-refractivity contribution in [3.8, 4) is 0 Å². The summed E-state index contributed by atoms with van der Waals surface area (Å²) in [6, 6.07) is 7.99. The summed E-state index contributed by atoms with van der Waals surface area (Å²) < 4.78 is 40.0. The molecule has 1 aromatic rings. The van der Waals surface area contributed by atoms with E-state index in [1.807, 2.05) is 0 Å². The van der Waals surface area contributed by atoms with Crippen LogP contribution >= 0.6 is 0 Å². The Hall–Kier alpha value is -2.09. The van der Waals surface area contributed by atoms with Crippen LogP contribution in [-0.2, 0) is 14.3 Å². The van der Waals surface area contributed by atoms with Gasteiger partial charge in [0.05, 0.1) is 6.04 Å². The smallest absolute Gasteiger partial charge is 0.411 e. The Labute approximate surface area is 125 Å². The molecule has 0 spiro atoms. The Balaban J connectivity index is 2.56. The number of aliphatic carboxylic acids is 1. The first-order chi connectivity index (χ1) is 10.3. The van der Waals surface area contributed by atoms with E-state index in [0.717, 1.165) is 0 Å². The molecule has 1 rings (SSSR count). The maximum Gasteiger partial charge on any atom is 0.411 e. The Morgan fingerprint density at radius 2 is 1.86 bits per heavy atom. The van der Waals surface area contributed by atoms with E-state index in [1.165, 1.54) is 0 Å². The van der Waals surface area contributed by atoms with Crippen molar-refractivity contribution < 1.29 is 32.6 Å². The average Bonchev–Trinajstić information content (AvgIpc) is 2.42. The van der Waals surface area contributed by atoms with Gasteiger partial charge in [0.15, 0.2) is 0 Å². The number of carboxylic acids is 1. The molecule has 1 amide bonds. The van der Waals surface area contributed by atoms with E-state index in [1.54, 1.807) is 30.3 Å². The van der Waals surface area contributed by atoms with Crippen molar-refractivity contribution in [2.45, 2.75) is 25.1 Å². The Bertz CT molecular complexity index is 491. The number of hydrogen-bond donors (Lipinski definition) is 2. The number of ether oxygens (including phenoxy) is 1. The number of amides is 1. The molecule has 1 unspecified atom stereocenters. The molecule has 0 bridgehead atoms. The number of alkyl halides is 3. The first-order valence-electron chi connectivity index (χ1n) is 6.48. The Morgan fingerprint density at radius 3 is 2.41 bits per heavy atom. The van der Waals surface area contributed by atoms with Gasteiger partial charge in [0, 0.05) is 6.42 Å². The SMILES string of the molecule is O=C(O)CCC(NC(=O)COCC(F)(F)F)c1ccccc1. The fourth-order valence-electron chi connectivity index (χ4n) is 1.77. The van der Waals surface area contributed by atoms with E-state index in [9.17, 15) is 22.8 Å². The number of benzene rings is 1. The molecule has 0 aromatic heterocycles. The van der Waals surface area contributed by atoms with Gasteiger partial charge in [-0.2, -0.15) is 13.2 Å². The van der Waals surface area contributed by atoms with Crippen LogP contribution in [0, 0.1) is 0 Å². The monoisotopic (exact) mass is 319 g/mol. The maximum absolute atomic E-state index is 11.9. The molecule has 1 atom stereocenters. The highest BCUT2D eigenvalue weighted by molar-refractivity contribution is 5.77. The lowest BCUT2D eigenvalue weighted by Gasteiger charge is -2.18. The minimum Gasteiger partial charge on any atom is -0.481 e. The third kappa shape index (κ3) is 7.63. The third-order valence-electron chi connectivity index (χ3n) is 2.68. The summed E-state index contributed by atoms with van der Waals surface area (Å²) in [5, 5.41) is 11.2. The van der Waals surface area contributed by atoms with E-state index in [-0.39, 0.29) is 12.8 Å². The van der Waals surface area contributed by atoms with Crippen LogP contribution < -0.4 is 5.32 Å². The van der Waals surface area contributed by atoms with Gasteiger partial charge in [-0.15, -0.1) is 0 Å². The fraction of sp³-hybridized carbons (Fsp3) is 0.429. The Kier molecular flexibility index (Phi) is 6.84. The van der Waals surface area contributed by atoms with Crippen molar-refractivity contribution in [1.29, 1.82) is 0 Å². The second-order valence-corrected chi connectivity index (χ2v) is 4.57. The number of nitrogens with one attached hydrogen (secondary N) is 1. The van der Waals surface area contributed by atoms with Gasteiger partial charge in [-0.05, 0) is 12.0 Å². The number of rotatable bonds is 8. The minimum atomic E-state index is -4.50. The Morgan fingerprint density at radius 1 is 1.23 bits per heavy atom. The summed E-state index contributed by atoms with van der Waals surface area (Å²) in [6.45, 7) is -2.25. The van der Waals surface area contributed by atoms with E-state index >= 15 is 0 Å². The van der Waals surface area contributed by atoms with Gasteiger partial charge in [-0.3, -0.25) is 9.59 Å². The molecule has 22 heavy (non-hydrogen) atoms. The molecule has 122 valence electrons. The van der Waals surface area contributed by atoms with Gasteiger partial charge in [0.2, 0.25) is 5.91 Å². The molecule has 0 aliphatic heterocycles. The summed E-state index contributed by atoms with van der Waals surface area (Å²) >= 11 is 0. The second-order valence-electron chi connectivity index (χ2n) is 4.57. The third-order valence-corrected chi connectivity index (χ3v) is 2.68. The number of hydrogen-bond acceptors (Lipinski definition) is 3. The molecule has 0 radical (unpaired) electrons. The minimum absolute atomic E-state index is 0.129. The van der Waals surface area contributed by atoms with Crippen LogP contribution in [0.1, 0.15) is 24.4 Å². The van der Waals surface area contributed by atoms with Crippen LogP contribution in [0.25, 0.3) is 0 Å². The largest absolute Gasteiger partial charge is 0.481 e. The van der Waals surface area contributed by atoms with Crippen LogP contribution in [0.2, 0.25) is 0 Å². The highest BCUT2D eigenvalue weighted by Gasteiger charge is 2.28. The first kappa shape index (κ1) is 18.0. The molecule has 0 heterocycles. The maximum atomic E-state index is 11.9. The molecule has 5 nitrogen and oxygen atoms in total. The zero-order chi connectivity index (χ0) is 16.6. The molecule has 0 saturated heterocycles. The van der Waals surface area contributed by atoms with Gasteiger partial charge in [-0.1, -0.05) is 30.3 Å². The van der Waals surface area contributed by atoms with Gasteiger partial charge >= 0.3 is 12.1 Å². The van der Waals surface area contributed by atoms with E-state index in [2.05, 4.69) is 10.1 Å². The summed E-state index contributed by atoms with van der Waals surface area (Å²) in [4.78, 5) is 22.2. The van der Waals surface area contributed by atoms with Crippen molar-refractivity contribution in [3.63, 3.8) is 0 Å². The van der Waals surface area contributed by atoms with Crippen LogP contribution in [0.4, 0.5) is 13.2 Å². The van der Waals surface area contributed by atoms with Crippen molar-refractivity contribution in [1.82, 2.24) is 5.32 Å². The number of carbonyl (C=O) groups excluding carboxylic acids is 1. The summed E-state index contributed by atoms with van der Waals surface area (Å²) in [7, 11) is 0. The van der Waals surface area contributed by atoms with Gasteiger partial charge in [0.25, 0.3) is 0 Å². The molecule has 0 saturated carbocycles. The van der Waals surface area contributed by atoms with Crippen molar-refractivity contribution in [2.24, 2.45) is 0 Å². The van der Waals surface area contributed by atoms with E-state index < -0.39 is 37.3 Å². The number of carbonyl (C=O) groups is 2. The predicted molar refractivity (Wildman–Crippen MR) is 71.1 cm³/mol. The van der Waals surface area contributed by atoms with Gasteiger partial charge < -0.3 is 15.2 Å². The predicted octanol–water partition coefficient (Wildman–Crippen LogP) is 2.29. The molecule has 8 heteroatoms. The van der Waals surface area contributed by atoms with Crippen LogP contribution in [0.3, 0.4) is 0 Å². The van der Waals surface area contributed by atoms with Crippen LogP contribution in [0.5, 0.6) is 0 Å². The van der Waals surface area contributed by atoms with Crippen molar-refractivity contribution >= 4 is 11.9 Å². The lowest BCUT2D eigenvalue weighted by molar-refractivity contribution is -0.175. The van der Waals surface area contributed by atoms with Gasteiger partial charge in [0.1, 0.15) is 13.2 Å². The summed E-state index contributed by atoms with van der Waals surface area (Å²) in [5.41, 5.74) is 0.674. The zero-order valence-electron chi connectivity index (χ0n) is 11.6. The van der Waals surface area contributed by atoms with Crippen molar-refractivity contribution in [2.75, 3.05) is 13.2 Å². The highest BCUT2D eigenvalue weighted by Crippen LogP contribution is 2.18. The van der Waals surface area contributed by atoms with E-state index in [4.69, 9.17) is 5.11 Å². The van der Waals surface area contributed by atoms with Crippen LogP contribution in [-0.4, -0.2) is 36.4 Å². The molecular formula is C14H16F3NO4. The highest BCUT2D eigenvalue weighted by atomic mass is 19.4. The standard InChI is InChI=1S/C14H16F3NO4/c15-14(16,17)9-22-8-12(19)18-11(6-7-13(20)21)10-4-2-1-3-5-10/h1-5,11H,6-9H2,(H,18,19)(H,20,21). The molecule has 0 fully saturated rings. The van der Waals surface area contributed by atoms with Gasteiger partial charge in [-0.25, -0.2) is 0 Å². The molecule has 2 N–H and O–H groups in total. The molecule has 1 aromatic carbocycles.